The van der Waals surface area contributed by atoms with E-state index in [1.54, 1.807) is 53.7 Å². The molecule has 0 heterocycles. The maximum atomic E-state index is 12.9. The minimum atomic E-state index is -4.09. The van der Waals surface area contributed by atoms with Crippen LogP contribution in [0.2, 0.25) is 0 Å². The third kappa shape index (κ3) is 10.7. The predicted octanol–water partition coefficient (Wildman–Crippen LogP) is 2.88. The summed E-state index contributed by atoms with van der Waals surface area (Å²) in [5, 5.41) is 0. The molecule has 0 amide bonds. The summed E-state index contributed by atoms with van der Waals surface area (Å²) >= 11 is 0. The van der Waals surface area contributed by atoms with E-state index in [0.29, 0.717) is 5.56 Å². The maximum absolute atomic E-state index is 12.9. The number of hydrogen-bond acceptors (Lipinski definition) is 8. The van der Waals surface area contributed by atoms with Crippen LogP contribution < -0.4 is 4.72 Å². The molecule has 1 aromatic rings. The summed E-state index contributed by atoms with van der Waals surface area (Å²) in [5.74, 6) is -1.32. The summed E-state index contributed by atoms with van der Waals surface area (Å²) in [5.41, 5.74) is -0.959. The second-order valence-corrected chi connectivity index (χ2v) is 10.6. The SMILES string of the molecule is COOCc1cccc(S(=O)(=O)NC(CCC(=O)OC(C)(C)C)C(=O)OC(C)(C)C)c1. The zero-order chi connectivity index (χ0) is 23.9. The normalized spacial score (nSPS) is 13.5. The van der Waals surface area contributed by atoms with Crippen molar-refractivity contribution in [2.75, 3.05) is 7.11 Å². The Hall–Kier alpha value is -2.01. The molecule has 0 aromatic heterocycles. The van der Waals surface area contributed by atoms with Gasteiger partial charge in [-0.3, -0.25) is 9.59 Å². The lowest BCUT2D eigenvalue weighted by molar-refractivity contribution is -0.282. The van der Waals surface area contributed by atoms with Gasteiger partial charge in [0, 0.05) is 6.42 Å². The van der Waals surface area contributed by atoms with E-state index in [2.05, 4.69) is 9.61 Å². The minimum Gasteiger partial charge on any atom is -0.460 e. The van der Waals surface area contributed by atoms with E-state index < -0.39 is 39.2 Å². The molecule has 1 N–H and O–H groups in total. The van der Waals surface area contributed by atoms with Gasteiger partial charge in [-0.25, -0.2) is 18.2 Å². The van der Waals surface area contributed by atoms with Crippen molar-refractivity contribution >= 4 is 22.0 Å². The number of esters is 2. The smallest absolute Gasteiger partial charge is 0.324 e. The lowest BCUT2D eigenvalue weighted by atomic mass is 10.1. The van der Waals surface area contributed by atoms with Gasteiger partial charge in [-0.1, -0.05) is 12.1 Å². The first kappa shape index (κ1) is 27.0. The molecule has 0 saturated heterocycles. The zero-order valence-electron chi connectivity index (χ0n) is 19.2. The second kappa shape index (κ2) is 11.0. The molecule has 0 radical (unpaired) electrons. The Balaban J connectivity index is 3.04. The molecule has 0 aliphatic carbocycles. The molecule has 0 bridgehead atoms. The number of benzene rings is 1. The fourth-order valence-electron chi connectivity index (χ4n) is 2.44. The van der Waals surface area contributed by atoms with Crippen LogP contribution in [0.25, 0.3) is 0 Å². The van der Waals surface area contributed by atoms with Crippen molar-refractivity contribution in [2.24, 2.45) is 0 Å². The molecule has 9 nitrogen and oxygen atoms in total. The van der Waals surface area contributed by atoms with Gasteiger partial charge in [0.1, 0.15) is 23.9 Å². The van der Waals surface area contributed by atoms with Crippen LogP contribution in [0.5, 0.6) is 0 Å². The largest absolute Gasteiger partial charge is 0.460 e. The average molecular weight is 460 g/mol. The first-order valence-corrected chi connectivity index (χ1v) is 11.3. The molecular formula is C21H33NO8S. The Morgan fingerprint density at radius 2 is 1.65 bits per heavy atom. The molecule has 176 valence electrons. The molecular weight excluding hydrogens is 426 g/mol. The summed E-state index contributed by atoms with van der Waals surface area (Å²) in [6.45, 7) is 10.2. The van der Waals surface area contributed by atoms with Gasteiger partial charge < -0.3 is 9.47 Å². The van der Waals surface area contributed by atoms with E-state index in [-0.39, 0.29) is 24.3 Å². The summed E-state index contributed by atoms with van der Waals surface area (Å²) < 4.78 is 38.7. The predicted molar refractivity (Wildman–Crippen MR) is 113 cm³/mol. The number of carbonyl (C=O) groups is 2. The number of sulfonamides is 1. The van der Waals surface area contributed by atoms with E-state index in [9.17, 15) is 18.0 Å². The van der Waals surface area contributed by atoms with Gasteiger partial charge in [0.2, 0.25) is 10.0 Å². The second-order valence-electron chi connectivity index (χ2n) is 8.91. The topological polar surface area (TPSA) is 117 Å². The van der Waals surface area contributed by atoms with Gasteiger partial charge in [0.05, 0.1) is 12.0 Å². The minimum absolute atomic E-state index is 0.0496. The molecule has 0 aliphatic rings. The highest BCUT2D eigenvalue weighted by Crippen LogP contribution is 2.17. The fraction of sp³-hybridized carbons (Fsp3) is 0.619. The highest BCUT2D eigenvalue weighted by molar-refractivity contribution is 7.89. The van der Waals surface area contributed by atoms with Crippen molar-refractivity contribution in [1.29, 1.82) is 0 Å². The van der Waals surface area contributed by atoms with Crippen molar-refractivity contribution in [1.82, 2.24) is 4.72 Å². The van der Waals surface area contributed by atoms with Crippen LogP contribution in [0, 0.1) is 0 Å². The van der Waals surface area contributed by atoms with Gasteiger partial charge >= 0.3 is 11.9 Å². The molecule has 1 rings (SSSR count). The molecule has 0 spiro atoms. The third-order valence-corrected chi connectivity index (χ3v) is 5.07. The molecule has 10 heteroatoms. The van der Waals surface area contributed by atoms with Crippen LogP contribution in [-0.2, 0) is 45.5 Å². The number of ether oxygens (including phenoxy) is 2. The summed E-state index contributed by atoms with van der Waals surface area (Å²) in [4.78, 5) is 34.0. The highest BCUT2D eigenvalue weighted by atomic mass is 32.2. The fourth-order valence-corrected chi connectivity index (χ4v) is 3.73. The van der Waals surface area contributed by atoms with E-state index in [1.807, 2.05) is 0 Å². The summed E-state index contributed by atoms with van der Waals surface area (Å²) in [6, 6.07) is 4.74. The van der Waals surface area contributed by atoms with Gasteiger partial charge in [-0.05, 0) is 65.7 Å². The lowest BCUT2D eigenvalue weighted by Gasteiger charge is -2.25. The van der Waals surface area contributed by atoms with Crippen LogP contribution in [0.1, 0.15) is 59.9 Å². The monoisotopic (exact) mass is 459 g/mol. The number of rotatable bonds is 10. The van der Waals surface area contributed by atoms with E-state index in [4.69, 9.17) is 14.4 Å². The number of hydrogen-bond donors (Lipinski definition) is 1. The number of nitrogens with one attached hydrogen (secondary N) is 1. The van der Waals surface area contributed by atoms with Crippen LogP contribution in [0.4, 0.5) is 0 Å². The van der Waals surface area contributed by atoms with Gasteiger partial charge in [-0.2, -0.15) is 4.72 Å². The molecule has 1 unspecified atom stereocenters. The van der Waals surface area contributed by atoms with Crippen LogP contribution >= 0.6 is 0 Å². The highest BCUT2D eigenvalue weighted by Gasteiger charge is 2.31. The standard InChI is InChI=1S/C21H33NO8S/c1-20(2,3)29-18(23)12-11-17(19(24)30-21(4,5)6)22-31(25,26)16-10-8-9-15(13-16)14-28-27-7/h8-10,13,17,22H,11-12,14H2,1-7H3. The Kier molecular flexibility index (Phi) is 9.62. The molecule has 1 atom stereocenters. The molecule has 31 heavy (non-hydrogen) atoms. The van der Waals surface area contributed by atoms with Crippen molar-refractivity contribution in [3.63, 3.8) is 0 Å². The summed E-state index contributed by atoms with van der Waals surface area (Å²) in [6.07, 6.45) is -0.277. The number of carbonyl (C=O) groups excluding carboxylic acids is 2. The summed E-state index contributed by atoms with van der Waals surface area (Å²) in [7, 11) is -2.74. The zero-order valence-corrected chi connectivity index (χ0v) is 20.0. The van der Waals surface area contributed by atoms with Crippen molar-refractivity contribution in [2.45, 2.75) is 83.1 Å². The molecule has 1 aromatic carbocycles. The van der Waals surface area contributed by atoms with Crippen LogP contribution in [0.15, 0.2) is 29.2 Å². The van der Waals surface area contributed by atoms with E-state index >= 15 is 0 Å². The van der Waals surface area contributed by atoms with Crippen molar-refractivity contribution < 1.29 is 37.3 Å². The quantitative estimate of drug-likeness (QED) is 0.322. The average Bonchev–Trinajstić information content (AvgIpc) is 2.60. The molecule has 0 fully saturated rings. The van der Waals surface area contributed by atoms with Gasteiger partial charge in [-0.15, -0.1) is 0 Å². The van der Waals surface area contributed by atoms with Crippen molar-refractivity contribution in [3.8, 4) is 0 Å². The van der Waals surface area contributed by atoms with Crippen LogP contribution in [0.3, 0.4) is 0 Å². The molecule has 0 aliphatic heterocycles. The first-order valence-electron chi connectivity index (χ1n) is 9.84. The van der Waals surface area contributed by atoms with Crippen molar-refractivity contribution in [3.05, 3.63) is 29.8 Å². The Bertz CT molecular complexity index is 853. The Labute approximate surface area is 184 Å². The van der Waals surface area contributed by atoms with E-state index in [1.165, 1.54) is 19.2 Å². The lowest BCUT2D eigenvalue weighted by Crippen LogP contribution is -2.44. The van der Waals surface area contributed by atoms with E-state index in [0.717, 1.165) is 0 Å². The van der Waals surface area contributed by atoms with Crippen LogP contribution in [-0.4, -0.2) is 44.7 Å². The molecule has 0 saturated carbocycles. The Morgan fingerprint density at radius 1 is 1.03 bits per heavy atom. The van der Waals surface area contributed by atoms with Gasteiger partial charge in [0.15, 0.2) is 0 Å². The Morgan fingerprint density at radius 3 is 2.19 bits per heavy atom. The maximum Gasteiger partial charge on any atom is 0.324 e. The van der Waals surface area contributed by atoms with Gasteiger partial charge in [0.25, 0.3) is 0 Å². The first-order chi connectivity index (χ1) is 14.1. The third-order valence-electron chi connectivity index (χ3n) is 3.60.